The van der Waals surface area contributed by atoms with E-state index in [4.69, 9.17) is 0 Å². The topological polar surface area (TPSA) is 0 Å². The first kappa shape index (κ1) is 30.8. The minimum Gasteiger partial charge on any atom is -0.0678 e. The molecular formula is C49H42Si. The van der Waals surface area contributed by atoms with Crippen molar-refractivity contribution in [1.82, 2.24) is 0 Å². The van der Waals surface area contributed by atoms with Crippen LogP contribution in [0.2, 0.25) is 6.55 Å². The second-order valence-electron chi connectivity index (χ2n) is 14.9. The molecule has 0 heterocycles. The van der Waals surface area contributed by atoms with E-state index >= 15 is 0 Å². The SMILES string of the molecule is CC1=Cc2c(-c3ccccc3)cccc2C1[Si](C)(C1C(C)=Cc2c(-c3ccccc3)cccc21)C1C(C)=Cc2c(-c3ccccc3)cccc21. The number of allylic oxidation sites excluding steroid dienone is 3. The standard InChI is InChI=1S/C49H42Si/c1-32-29-44-38(35-17-8-5-9-18-35)23-14-26-41(44)47(32)50(4,48-33(2)30-45-39(24-15-27-42(45)48)36-19-10-6-11-20-36)49-34(3)31-46-40(25-16-28-43(46)49)37-21-12-7-13-22-37/h5-31,47-49H,1-4H3. The van der Waals surface area contributed by atoms with Crippen molar-refractivity contribution in [2.45, 2.75) is 43.9 Å². The van der Waals surface area contributed by atoms with Crippen LogP contribution in [-0.2, 0) is 0 Å². The molecule has 3 atom stereocenters. The summed E-state index contributed by atoms with van der Waals surface area (Å²) in [5.41, 5.74) is 22.3. The van der Waals surface area contributed by atoms with Gasteiger partial charge in [0, 0.05) is 16.6 Å². The Balaban J connectivity index is 1.29. The lowest BCUT2D eigenvalue weighted by molar-refractivity contribution is 0.886. The van der Waals surface area contributed by atoms with Crippen LogP contribution in [0, 0.1) is 0 Å². The summed E-state index contributed by atoms with van der Waals surface area (Å²) in [5, 5.41) is 0. The van der Waals surface area contributed by atoms with Crippen LogP contribution in [0.4, 0.5) is 0 Å². The van der Waals surface area contributed by atoms with Crippen LogP contribution in [0.5, 0.6) is 0 Å². The molecule has 1 heteroatoms. The maximum atomic E-state index is 2.76. The molecule has 0 nitrogen and oxygen atoms in total. The summed E-state index contributed by atoms with van der Waals surface area (Å²) >= 11 is 0. The highest BCUT2D eigenvalue weighted by Crippen LogP contribution is 2.61. The van der Waals surface area contributed by atoms with E-state index in [0.29, 0.717) is 16.6 Å². The van der Waals surface area contributed by atoms with E-state index in [1.165, 1.54) is 83.5 Å². The van der Waals surface area contributed by atoms with Crippen LogP contribution in [-0.4, -0.2) is 8.07 Å². The van der Waals surface area contributed by atoms with Crippen molar-refractivity contribution < 1.29 is 0 Å². The molecule has 3 aliphatic carbocycles. The molecule has 9 rings (SSSR count). The van der Waals surface area contributed by atoms with Gasteiger partial charge in [0.05, 0.1) is 8.07 Å². The summed E-state index contributed by atoms with van der Waals surface area (Å²) in [6.07, 6.45) is 7.62. The van der Waals surface area contributed by atoms with Crippen LogP contribution in [0.3, 0.4) is 0 Å². The van der Waals surface area contributed by atoms with Crippen molar-refractivity contribution >= 4 is 26.3 Å². The maximum absolute atomic E-state index is 2.76. The molecular weight excluding hydrogens is 617 g/mol. The van der Waals surface area contributed by atoms with E-state index in [9.17, 15) is 0 Å². The lowest BCUT2D eigenvalue weighted by Crippen LogP contribution is -2.51. The van der Waals surface area contributed by atoms with Crippen molar-refractivity contribution in [2.75, 3.05) is 0 Å². The van der Waals surface area contributed by atoms with Crippen LogP contribution in [0.25, 0.3) is 51.6 Å². The molecule has 0 aliphatic heterocycles. The van der Waals surface area contributed by atoms with Gasteiger partial charge < -0.3 is 0 Å². The van der Waals surface area contributed by atoms with Crippen molar-refractivity contribution in [3.63, 3.8) is 0 Å². The molecule has 0 bridgehead atoms. The van der Waals surface area contributed by atoms with Gasteiger partial charge >= 0.3 is 0 Å². The molecule has 6 aromatic rings. The highest BCUT2D eigenvalue weighted by Gasteiger charge is 2.56. The fourth-order valence-corrected chi connectivity index (χ4v) is 17.2. The Kier molecular flexibility index (Phi) is 7.37. The smallest absolute Gasteiger partial charge is 0.0678 e. The zero-order valence-electron chi connectivity index (χ0n) is 29.3. The molecule has 0 spiro atoms. The van der Waals surface area contributed by atoms with E-state index in [1.54, 1.807) is 0 Å². The van der Waals surface area contributed by atoms with Gasteiger partial charge in [-0.2, -0.15) is 0 Å². The first-order valence-electron chi connectivity index (χ1n) is 18.0. The van der Waals surface area contributed by atoms with Gasteiger partial charge in [0.25, 0.3) is 0 Å². The van der Waals surface area contributed by atoms with Crippen molar-refractivity contribution in [3.05, 3.63) is 196 Å². The number of benzene rings is 6. The predicted octanol–water partition coefficient (Wildman–Crippen LogP) is 13.3. The summed E-state index contributed by atoms with van der Waals surface area (Å²) in [7, 11) is -2.47. The molecule has 0 fully saturated rings. The molecule has 3 aliphatic rings. The third-order valence-electron chi connectivity index (χ3n) is 12.0. The summed E-state index contributed by atoms with van der Waals surface area (Å²) < 4.78 is 0. The largest absolute Gasteiger partial charge is 0.0869 e. The minimum atomic E-state index is -2.47. The second-order valence-corrected chi connectivity index (χ2v) is 19.3. The van der Waals surface area contributed by atoms with Gasteiger partial charge in [-0.25, -0.2) is 0 Å². The normalized spacial score (nSPS) is 19.9. The summed E-state index contributed by atoms with van der Waals surface area (Å²) in [6.45, 7) is 10.0. The van der Waals surface area contributed by atoms with E-state index in [2.05, 4.69) is 191 Å². The van der Waals surface area contributed by atoms with Crippen LogP contribution >= 0.6 is 0 Å². The van der Waals surface area contributed by atoms with Crippen LogP contribution in [0.15, 0.2) is 162 Å². The van der Waals surface area contributed by atoms with Gasteiger partial charge in [0.15, 0.2) is 0 Å². The lowest BCUT2D eigenvalue weighted by atomic mass is 9.97. The Morgan fingerprint density at radius 3 is 0.900 bits per heavy atom. The van der Waals surface area contributed by atoms with Gasteiger partial charge in [0.2, 0.25) is 0 Å². The second kappa shape index (κ2) is 12.0. The summed E-state index contributed by atoms with van der Waals surface area (Å²) in [4.78, 5) is 0. The Morgan fingerprint density at radius 2 is 0.620 bits per heavy atom. The molecule has 0 N–H and O–H groups in total. The fraction of sp³-hybridized carbons (Fsp3) is 0.143. The first-order chi connectivity index (χ1) is 24.4. The quantitative estimate of drug-likeness (QED) is 0.156. The number of rotatable bonds is 6. The zero-order chi connectivity index (χ0) is 34.0. The Labute approximate surface area is 298 Å². The average molecular weight is 659 g/mol. The molecule has 3 unspecified atom stereocenters. The number of hydrogen-bond acceptors (Lipinski definition) is 0. The van der Waals surface area contributed by atoms with Gasteiger partial charge in [-0.1, -0.05) is 187 Å². The maximum Gasteiger partial charge on any atom is 0.0869 e. The minimum absolute atomic E-state index is 0.362. The highest BCUT2D eigenvalue weighted by molar-refractivity contribution is 6.85. The molecule has 6 aromatic carbocycles. The van der Waals surface area contributed by atoms with E-state index in [1.807, 2.05) is 0 Å². The molecule has 0 saturated carbocycles. The summed E-state index contributed by atoms with van der Waals surface area (Å²) in [6, 6.07) is 54.2. The molecule has 0 saturated heterocycles. The third kappa shape index (κ3) is 4.64. The molecule has 50 heavy (non-hydrogen) atoms. The predicted molar refractivity (Wildman–Crippen MR) is 216 cm³/mol. The average Bonchev–Trinajstić information content (AvgIpc) is 3.81. The molecule has 0 radical (unpaired) electrons. The Hall–Kier alpha value is -5.24. The van der Waals surface area contributed by atoms with Crippen LogP contribution in [0.1, 0.15) is 70.8 Å². The van der Waals surface area contributed by atoms with Gasteiger partial charge in [0.1, 0.15) is 0 Å². The summed E-state index contributed by atoms with van der Waals surface area (Å²) in [5.74, 6) is 0. The van der Waals surface area contributed by atoms with Gasteiger partial charge in [-0.05, 0) is 87.5 Å². The third-order valence-corrected chi connectivity index (χ3v) is 18.0. The monoisotopic (exact) mass is 658 g/mol. The molecule has 0 aromatic heterocycles. The number of fused-ring (bicyclic) bond motifs is 3. The van der Waals surface area contributed by atoms with Crippen molar-refractivity contribution in [3.8, 4) is 33.4 Å². The van der Waals surface area contributed by atoms with Gasteiger partial charge in [-0.15, -0.1) is 0 Å². The fourth-order valence-electron chi connectivity index (χ4n) is 10.2. The van der Waals surface area contributed by atoms with E-state index < -0.39 is 8.07 Å². The van der Waals surface area contributed by atoms with E-state index in [0.717, 1.165) is 0 Å². The zero-order valence-corrected chi connectivity index (χ0v) is 30.3. The highest BCUT2D eigenvalue weighted by atomic mass is 28.3. The van der Waals surface area contributed by atoms with Gasteiger partial charge in [-0.3, -0.25) is 0 Å². The van der Waals surface area contributed by atoms with E-state index in [-0.39, 0.29) is 0 Å². The first-order valence-corrected chi connectivity index (χ1v) is 20.8. The van der Waals surface area contributed by atoms with Crippen molar-refractivity contribution in [1.29, 1.82) is 0 Å². The Morgan fingerprint density at radius 1 is 0.340 bits per heavy atom. The Bertz CT molecular complexity index is 2090. The number of hydrogen-bond donors (Lipinski definition) is 0. The van der Waals surface area contributed by atoms with Crippen molar-refractivity contribution in [2.24, 2.45) is 0 Å². The molecule has 0 amide bonds. The van der Waals surface area contributed by atoms with Crippen LogP contribution < -0.4 is 0 Å². The molecule has 242 valence electrons. The lowest BCUT2D eigenvalue weighted by Gasteiger charge is -2.47.